The van der Waals surface area contributed by atoms with Gasteiger partial charge in [0.1, 0.15) is 0 Å². The third kappa shape index (κ3) is 5.49. The Morgan fingerprint density at radius 3 is 3.00 bits per heavy atom. The largest absolute Gasteiger partial charge is 0.466 e. The highest BCUT2D eigenvalue weighted by molar-refractivity contribution is 7.13. The summed E-state index contributed by atoms with van der Waals surface area (Å²) in [6.45, 7) is 2.16. The number of aromatic nitrogens is 1. The molecular formula is C16H17N3O2S. The van der Waals surface area contributed by atoms with E-state index in [0.717, 1.165) is 5.56 Å². The van der Waals surface area contributed by atoms with Crippen LogP contribution in [0.1, 0.15) is 18.2 Å². The zero-order chi connectivity index (χ0) is 15.6. The van der Waals surface area contributed by atoms with E-state index >= 15 is 0 Å². The minimum atomic E-state index is -0.270. The summed E-state index contributed by atoms with van der Waals surface area (Å²) < 4.78 is 4.88. The Morgan fingerprint density at radius 1 is 1.41 bits per heavy atom. The number of carbonyl (C=O) groups is 1. The molecule has 1 N–H and O–H groups in total. The molecule has 1 aromatic carbocycles. The first-order valence-electron chi connectivity index (χ1n) is 6.88. The molecule has 0 bridgehead atoms. The van der Waals surface area contributed by atoms with Gasteiger partial charge in [0.25, 0.3) is 0 Å². The predicted molar refractivity (Wildman–Crippen MR) is 90.0 cm³/mol. The van der Waals surface area contributed by atoms with Gasteiger partial charge in [0.2, 0.25) is 5.13 Å². The Bertz CT molecular complexity index is 650. The van der Waals surface area contributed by atoms with Gasteiger partial charge in [0.15, 0.2) is 0 Å². The summed E-state index contributed by atoms with van der Waals surface area (Å²) in [6, 6.07) is 9.97. The van der Waals surface area contributed by atoms with Crippen molar-refractivity contribution >= 4 is 34.7 Å². The summed E-state index contributed by atoms with van der Waals surface area (Å²) in [5.74, 6) is -0.270. The molecule has 1 aromatic heterocycles. The Labute approximate surface area is 133 Å². The second kappa shape index (κ2) is 8.74. The Kier molecular flexibility index (Phi) is 6.32. The van der Waals surface area contributed by atoms with Crippen LogP contribution in [0.3, 0.4) is 0 Å². The van der Waals surface area contributed by atoms with Crippen molar-refractivity contribution in [3.05, 3.63) is 53.0 Å². The molecule has 1 heterocycles. The SMILES string of the molecule is CCOC(=O)Cc1csc(NN=C/C=C\c2ccccc2)n1. The lowest BCUT2D eigenvalue weighted by atomic mass is 10.2. The van der Waals surface area contributed by atoms with Crippen molar-refractivity contribution in [3.8, 4) is 0 Å². The van der Waals surface area contributed by atoms with E-state index in [2.05, 4.69) is 15.5 Å². The molecule has 2 aromatic rings. The van der Waals surface area contributed by atoms with E-state index in [-0.39, 0.29) is 12.4 Å². The number of allylic oxidation sites excluding steroid dienone is 1. The second-order valence-corrected chi connectivity index (χ2v) is 5.14. The third-order valence-corrected chi connectivity index (χ3v) is 3.39. The smallest absolute Gasteiger partial charge is 0.311 e. The van der Waals surface area contributed by atoms with Crippen LogP contribution in [0.15, 0.2) is 46.9 Å². The molecule has 0 radical (unpaired) electrons. The van der Waals surface area contributed by atoms with Crippen molar-refractivity contribution in [2.75, 3.05) is 12.0 Å². The number of ether oxygens (including phenoxy) is 1. The number of rotatable bonds is 7. The van der Waals surface area contributed by atoms with Gasteiger partial charge >= 0.3 is 5.97 Å². The van der Waals surface area contributed by atoms with E-state index in [9.17, 15) is 4.79 Å². The Balaban J connectivity index is 1.79. The molecular weight excluding hydrogens is 298 g/mol. The molecule has 114 valence electrons. The van der Waals surface area contributed by atoms with E-state index in [4.69, 9.17) is 4.74 Å². The minimum absolute atomic E-state index is 0.184. The average molecular weight is 315 g/mol. The van der Waals surface area contributed by atoms with Crippen LogP contribution in [-0.2, 0) is 16.0 Å². The number of hydrogen-bond donors (Lipinski definition) is 1. The lowest BCUT2D eigenvalue weighted by Gasteiger charge is -1.97. The number of carbonyl (C=O) groups excluding carboxylic acids is 1. The van der Waals surface area contributed by atoms with Gasteiger partial charge in [-0.2, -0.15) is 5.10 Å². The summed E-state index contributed by atoms with van der Waals surface area (Å²) in [6.07, 6.45) is 5.64. The van der Waals surface area contributed by atoms with Crippen LogP contribution in [0.5, 0.6) is 0 Å². The first-order chi connectivity index (χ1) is 10.8. The van der Waals surface area contributed by atoms with Crippen molar-refractivity contribution in [2.24, 2.45) is 5.10 Å². The number of nitrogens with one attached hydrogen (secondary N) is 1. The molecule has 0 amide bonds. The molecule has 0 saturated carbocycles. The maximum atomic E-state index is 11.3. The van der Waals surface area contributed by atoms with Crippen LogP contribution in [0, 0.1) is 0 Å². The van der Waals surface area contributed by atoms with Crippen molar-refractivity contribution in [1.29, 1.82) is 0 Å². The molecule has 5 nitrogen and oxygen atoms in total. The molecule has 2 rings (SSSR count). The van der Waals surface area contributed by atoms with Crippen molar-refractivity contribution in [2.45, 2.75) is 13.3 Å². The second-order valence-electron chi connectivity index (χ2n) is 4.29. The number of hydrogen-bond acceptors (Lipinski definition) is 6. The van der Waals surface area contributed by atoms with Gasteiger partial charge in [-0.15, -0.1) is 11.3 Å². The van der Waals surface area contributed by atoms with Gasteiger partial charge in [-0.25, -0.2) is 4.98 Å². The lowest BCUT2D eigenvalue weighted by Crippen LogP contribution is -2.07. The highest BCUT2D eigenvalue weighted by Gasteiger charge is 2.07. The van der Waals surface area contributed by atoms with Gasteiger partial charge in [0.05, 0.1) is 18.7 Å². The number of benzene rings is 1. The van der Waals surface area contributed by atoms with Crippen LogP contribution in [0.4, 0.5) is 5.13 Å². The van der Waals surface area contributed by atoms with Crippen molar-refractivity contribution < 1.29 is 9.53 Å². The number of nitrogens with zero attached hydrogens (tertiary/aromatic N) is 2. The van der Waals surface area contributed by atoms with Crippen LogP contribution >= 0.6 is 11.3 Å². The first kappa shape index (κ1) is 15.9. The fourth-order valence-electron chi connectivity index (χ4n) is 1.65. The van der Waals surface area contributed by atoms with E-state index < -0.39 is 0 Å². The third-order valence-electron chi connectivity index (χ3n) is 2.59. The lowest BCUT2D eigenvalue weighted by molar-refractivity contribution is -0.142. The highest BCUT2D eigenvalue weighted by Crippen LogP contribution is 2.15. The normalized spacial score (nSPS) is 11.1. The summed E-state index contributed by atoms with van der Waals surface area (Å²) >= 11 is 1.40. The van der Waals surface area contributed by atoms with Crippen molar-refractivity contribution in [3.63, 3.8) is 0 Å². The summed E-state index contributed by atoms with van der Waals surface area (Å²) in [5, 5.41) is 6.51. The number of thiazole rings is 1. The fraction of sp³-hybridized carbons (Fsp3) is 0.188. The van der Waals surface area contributed by atoms with E-state index in [1.807, 2.05) is 47.9 Å². The summed E-state index contributed by atoms with van der Waals surface area (Å²) in [4.78, 5) is 15.6. The number of esters is 1. The molecule has 0 fully saturated rings. The molecule has 0 aliphatic rings. The number of anilines is 1. The molecule has 0 spiro atoms. The minimum Gasteiger partial charge on any atom is -0.466 e. The predicted octanol–water partition coefficient (Wildman–Crippen LogP) is 3.36. The molecule has 0 atom stereocenters. The summed E-state index contributed by atoms with van der Waals surface area (Å²) in [7, 11) is 0. The molecule has 0 saturated heterocycles. The molecule has 0 aliphatic carbocycles. The van der Waals surface area contributed by atoms with Gasteiger partial charge < -0.3 is 4.74 Å². The quantitative estimate of drug-likeness (QED) is 0.483. The van der Waals surface area contributed by atoms with Gasteiger partial charge in [0, 0.05) is 11.6 Å². The monoisotopic (exact) mass is 315 g/mol. The van der Waals surface area contributed by atoms with Crippen LogP contribution in [0.2, 0.25) is 0 Å². The van der Waals surface area contributed by atoms with Gasteiger partial charge in [-0.3, -0.25) is 10.2 Å². The van der Waals surface area contributed by atoms with E-state index in [1.165, 1.54) is 11.3 Å². The van der Waals surface area contributed by atoms with Crippen LogP contribution in [0.25, 0.3) is 6.08 Å². The fourth-order valence-corrected chi connectivity index (χ4v) is 2.31. The van der Waals surface area contributed by atoms with Gasteiger partial charge in [-0.05, 0) is 18.6 Å². The Morgan fingerprint density at radius 2 is 2.23 bits per heavy atom. The maximum Gasteiger partial charge on any atom is 0.311 e. The maximum absolute atomic E-state index is 11.3. The van der Waals surface area contributed by atoms with Crippen LogP contribution in [-0.4, -0.2) is 23.8 Å². The van der Waals surface area contributed by atoms with Gasteiger partial charge in [-0.1, -0.05) is 36.4 Å². The first-order valence-corrected chi connectivity index (χ1v) is 7.76. The topological polar surface area (TPSA) is 63.6 Å². The zero-order valence-corrected chi connectivity index (χ0v) is 13.0. The molecule has 0 aliphatic heterocycles. The number of hydrazone groups is 1. The molecule has 0 unspecified atom stereocenters. The van der Waals surface area contributed by atoms with Crippen LogP contribution < -0.4 is 5.43 Å². The standard InChI is InChI=1S/C16H17N3O2S/c1-2-21-15(20)11-14-12-22-16(18-14)19-17-10-6-9-13-7-4-3-5-8-13/h3-10,12H,2,11H2,1H3,(H,18,19)/b9-6-,17-10?. The van der Waals surface area contributed by atoms with E-state index in [1.54, 1.807) is 13.1 Å². The average Bonchev–Trinajstić information content (AvgIpc) is 2.95. The molecule has 6 heteroatoms. The Hall–Kier alpha value is -2.47. The highest BCUT2D eigenvalue weighted by atomic mass is 32.1. The summed E-state index contributed by atoms with van der Waals surface area (Å²) in [5.41, 5.74) is 4.62. The molecule has 22 heavy (non-hydrogen) atoms. The van der Waals surface area contributed by atoms with Crippen molar-refractivity contribution in [1.82, 2.24) is 4.98 Å². The zero-order valence-electron chi connectivity index (χ0n) is 12.2. The van der Waals surface area contributed by atoms with E-state index in [0.29, 0.717) is 17.4 Å².